The van der Waals surface area contributed by atoms with Crippen LogP contribution in [0.15, 0.2) is 66.0 Å². The van der Waals surface area contributed by atoms with Crippen molar-refractivity contribution in [3.63, 3.8) is 0 Å². The van der Waals surface area contributed by atoms with Crippen molar-refractivity contribution in [2.45, 2.75) is 20.8 Å². The van der Waals surface area contributed by atoms with Crippen molar-refractivity contribution in [3.8, 4) is 22.8 Å². The van der Waals surface area contributed by atoms with Gasteiger partial charge in [0.15, 0.2) is 0 Å². The number of benzene rings is 2. The second-order valence-electron chi connectivity index (χ2n) is 7.88. The number of allylic oxidation sites excluding steroid dienone is 1. The van der Waals surface area contributed by atoms with Crippen LogP contribution in [-0.2, 0) is 0 Å². The molecule has 0 aliphatic heterocycles. The number of para-hydroxylation sites is 1. The predicted molar refractivity (Wildman–Crippen MR) is 114 cm³/mol. The molecular weight excluding hydrogens is 401 g/mol. The monoisotopic (exact) mass is 425 g/mol. The minimum Gasteiger partial charge on any atom is -0.489 e. The summed E-state index contributed by atoms with van der Waals surface area (Å²) in [5.41, 5.74) is 1.04. The summed E-state index contributed by atoms with van der Waals surface area (Å²) in [6, 6.07) is 16.4. The summed E-state index contributed by atoms with van der Waals surface area (Å²) in [5, 5.41) is 23.5. The smallest absolute Gasteiger partial charge is 0.404 e. The fourth-order valence-corrected chi connectivity index (χ4v) is 2.78. The quantitative estimate of drug-likeness (QED) is 0.587. The number of aromatic nitrogens is 4. The Labute approximate surface area is 179 Å². The lowest BCUT2D eigenvalue weighted by Crippen LogP contribution is -2.27. The van der Waals surface area contributed by atoms with E-state index in [0.29, 0.717) is 11.6 Å². The van der Waals surface area contributed by atoms with E-state index in [2.05, 4.69) is 20.7 Å². The van der Waals surface area contributed by atoms with Crippen molar-refractivity contribution in [2.75, 3.05) is 13.2 Å². The zero-order chi connectivity index (χ0) is 22.4. The molecule has 3 rings (SSSR count). The van der Waals surface area contributed by atoms with Gasteiger partial charge in [-0.3, -0.25) is 0 Å². The Morgan fingerprint density at radius 1 is 1.13 bits per heavy atom. The number of carboxylic acid groups (broad SMARTS) is 1. The summed E-state index contributed by atoms with van der Waals surface area (Å²) in [6.07, 6.45) is -1.22. The van der Waals surface area contributed by atoms with Crippen molar-refractivity contribution in [1.29, 1.82) is 0 Å². The Balaban J connectivity index is 1.70. The molecular formula is C22H24FN5O3. The lowest BCUT2D eigenvalue weighted by Gasteiger charge is -2.20. The topological polar surface area (TPSA) is 102 Å². The standard InChI is InChI=1S/C22H24FN5O3/c1-22(2,3)19(23)16(13-24-21(29)30)14-31-18-11-9-15(10-12-18)20-25-27-28(26-20)17-7-5-4-6-8-17/h4-12,24H,13-14H2,1-3H3,(H,29,30)/b19-16-. The Kier molecular flexibility index (Phi) is 6.64. The van der Waals surface area contributed by atoms with Crippen LogP contribution in [0.4, 0.5) is 9.18 Å². The summed E-state index contributed by atoms with van der Waals surface area (Å²) in [5.74, 6) is 0.564. The molecule has 1 aromatic heterocycles. The number of ether oxygens (including phenoxy) is 1. The number of tetrazole rings is 1. The molecule has 0 aliphatic carbocycles. The van der Waals surface area contributed by atoms with Gasteiger partial charge >= 0.3 is 6.09 Å². The Morgan fingerprint density at radius 3 is 2.42 bits per heavy atom. The number of nitrogens with one attached hydrogen (secondary N) is 1. The van der Waals surface area contributed by atoms with Crippen LogP contribution in [0.5, 0.6) is 5.75 Å². The lowest BCUT2D eigenvalue weighted by molar-refractivity contribution is 0.194. The molecule has 0 saturated carbocycles. The van der Waals surface area contributed by atoms with Gasteiger partial charge in [0.05, 0.1) is 5.69 Å². The summed E-state index contributed by atoms with van der Waals surface area (Å²) >= 11 is 0. The first-order chi connectivity index (χ1) is 14.7. The van der Waals surface area contributed by atoms with Crippen molar-refractivity contribution >= 4 is 6.09 Å². The average molecular weight is 425 g/mol. The molecule has 0 fully saturated rings. The Bertz CT molecular complexity index is 1060. The van der Waals surface area contributed by atoms with Gasteiger partial charge in [0.1, 0.15) is 18.2 Å². The first-order valence-electron chi connectivity index (χ1n) is 9.67. The van der Waals surface area contributed by atoms with E-state index in [0.717, 1.165) is 11.3 Å². The first-order valence-corrected chi connectivity index (χ1v) is 9.67. The molecule has 0 bridgehead atoms. The van der Waals surface area contributed by atoms with Crippen molar-refractivity contribution in [3.05, 3.63) is 66.0 Å². The number of amides is 1. The molecule has 2 N–H and O–H groups in total. The molecule has 3 aromatic rings. The van der Waals surface area contributed by atoms with Crippen molar-refractivity contribution < 1.29 is 19.0 Å². The van der Waals surface area contributed by atoms with E-state index in [1.165, 1.54) is 4.80 Å². The van der Waals surface area contributed by atoms with E-state index in [9.17, 15) is 9.18 Å². The highest BCUT2D eigenvalue weighted by atomic mass is 19.1. The van der Waals surface area contributed by atoms with Crippen LogP contribution in [-0.4, -0.2) is 44.6 Å². The maximum Gasteiger partial charge on any atom is 0.404 e. The van der Waals surface area contributed by atoms with Gasteiger partial charge in [0, 0.05) is 23.1 Å². The third kappa shape index (κ3) is 5.88. The largest absolute Gasteiger partial charge is 0.489 e. The molecule has 1 amide bonds. The number of rotatable bonds is 7. The van der Waals surface area contributed by atoms with Crippen LogP contribution in [0.3, 0.4) is 0 Å². The van der Waals surface area contributed by atoms with Crippen LogP contribution < -0.4 is 10.1 Å². The lowest BCUT2D eigenvalue weighted by atomic mass is 9.92. The fourth-order valence-electron chi connectivity index (χ4n) is 2.78. The van der Waals surface area contributed by atoms with Crippen LogP contribution in [0.25, 0.3) is 17.1 Å². The summed E-state index contributed by atoms with van der Waals surface area (Å²) in [6.45, 7) is 4.92. The number of hydrogen-bond acceptors (Lipinski definition) is 5. The molecule has 0 saturated heterocycles. The number of hydrogen-bond donors (Lipinski definition) is 2. The van der Waals surface area contributed by atoms with Gasteiger partial charge in [0.2, 0.25) is 5.82 Å². The summed E-state index contributed by atoms with van der Waals surface area (Å²) < 4.78 is 20.4. The van der Waals surface area contributed by atoms with Crippen LogP contribution in [0.2, 0.25) is 0 Å². The average Bonchev–Trinajstić information content (AvgIpc) is 3.24. The van der Waals surface area contributed by atoms with Gasteiger partial charge in [-0.1, -0.05) is 39.0 Å². The van der Waals surface area contributed by atoms with Gasteiger partial charge < -0.3 is 15.2 Å². The maximum atomic E-state index is 14.7. The van der Waals surface area contributed by atoms with E-state index in [-0.39, 0.29) is 18.7 Å². The molecule has 0 spiro atoms. The molecule has 0 unspecified atom stereocenters. The highest BCUT2D eigenvalue weighted by Gasteiger charge is 2.22. The third-order valence-corrected chi connectivity index (χ3v) is 4.35. The molecule has 0 aliphatic rings. The summed E-state index contributed by atoms with van der Waals surface area (Å²) in [4.78, 5) is 12.2. The van der Waals surface area contributed by atoms with Crippen LogP contribution >= 0.6 is 0 Å². The molecule has 8 nitrogen and oxygen atoms in total. The summed E-state index contributed by atoms with van der Waals surface area (Å²) in [7, 11) is 0. The highest BCUT2D eigenvalue weighted by molar-refractivity contribution is 5.64. The van der Waals surface area contributed by atoms with Gasteiger partial charge in [-0.05, 0) is 41.6 Å². The molecule has 31 heavy (non-hydrogen) atoms. The normalized spacial score (nSPS) is 12.3. The van der Waals surface area contributed by atoms with Crippen LogP contribution in [0.1, 0.15) is 20.8 Å². The van der Waals surface area contributed by atoms with E-state index in [1.54, 1.807) is 45.0 Å². The maximum absolute atomic E-state index is 14.7. The fraction of sp³-hybridized carbons (Fsp3) is 0.273. The molecule has 2 aromatic carbocycles. The second kappa shape index (κ2) is 9.38. The SMILES string of the molecule is CC(C)(C)/C(F)=C(\CNC(=O)O)COc1ccc(-c2nnn(-c3ccccc3)n2)cc1. The van der Waals surface area contributed by atoms with Crippen molar-refractivity contribution in [1.82, 2.24) is 25.5 Å². The van der Waals surface area contributed by atoms with Crippen molar-refractivity contribution in [2.24, 2.45) is 5.41 Å². The van der Waals surface area contributed by atoms with E-state index >= 15 is 0 Å². The zero-order valence-corrected chi connectivity index (χ0v) is 17.5. The van der Waals surface area contributed by atoms with E-state index in [4.69, 9.17) is 9.84 Å². The Morgan fingerprint density at radius 2 is 1.81 bits per heavy atom. The number of halogens is 1. The zero-order valence-electron chi connectivity index (χ0n) is 17.5. The van der Waals surface area contributed by atoms with Gasteiger partial charge in [-0.25, -0.2) is 9.18 Å². The second-order valence-corrected chi connectivity index (χ2v) is 7.88. The van der Waals surface area contributed by atoms with Crippen LogP contribution in [0, 0.1) is 5.41 Å². The van der Waals surface area contributed by atoms with E-state index < -0.39 is 17.3 Å². The van der Waals surface area contributed by atoms with Gasteiger partial charge in [-0.2, -0.15) is 0 Å². The highest BCUT2D eigenvalue weighted by Crippen LogP contribution is 2.29. The molecule has 1 heterocycles. The minimum absolute atomic E-state index is 0.0782. The predicted octanol–water partition coefficient (Wildman–Crippen LogP) is 4.25. The Hall–Kier alpha value is -3.75. The number of nitrogens with zero attached hydrogens (tertiary/aromatic N) is 4. The van der Waals surface area contributed by atoms with Gasteiger partial charge in [-0.15, -0.1) is 15.0 Å². The molecule has 0 atom stereocenters. The molecule has 9 heteroatoms. The number of carbonyl (C=O) groups is 1. The molecule has 162 valence electrons. The minimum atomic E-state index is -1.22. The first kappa shape index (κ1) is 21.9. The third-order valence-electron chi connectivity index (χ3n) is 4.35. The molecule has 0 radical (unpaired) electrons. The van der Waals surface area contributed by atoms with E-state index in [1.807, 2.05) is 30.3 Å². The van der Waals surface area contributed by atoms with Gasteiger partial charge in [0.25, 0.3) is 0 Å².